The number of nitrogens with zero attached hydrogens (tertiary/aromatic N) is 3. The molecule has 0 spiro atoms. The molecule has 0 aliphatic heterocycles. The van der Waals surface area contributed by atoms with Gasteiger partial charge >= 0.3 is 0 Å². The summed E-state index contributed by atoms with van der Waals surface area (Å²) in [6.45, 7) is 8.33. The Bertz CT molecular complexity index is 1050. The molecule has 0 bridgehead atoms. The number of carbonyl (C=O) groups excluding carboxylic acids is 1. The molecule has 28 heavy (non-hydrogen) atoms. The van der Waals surface area contributed by atoms with Gasteiger partial charge in [0.1, 0.15) is 0 Å². The van der Waals surface area contributed by atoms with Gasteiger partial charge in [0.2, 0.25) is 17.6 Å². The molecule has 1 N–H and O–H groups in total. The first kappa shape index (κ1) is 19.5. The van der Waals surface area contributed by atoms with Crippen molar-refractivity contribution in [3.63, 3.8) is 0 Å². The van der Waals surface area contributed by atoms with Crippen LogP contribution >= 0.6 is 0 Å². The van der Waals surface area contributed by atoms with Crippen molar-refractivity contribution in [2.24, 2.45) is 0 Å². The van der Waals surface area contributed by atoms with E-state index >= 15 is 0 Å². The normalized spacial score (nSPS) is 10.9. The first-order valence-electron chi connectivity index (χ1n) is 9.29. The number of pyridine rings is 1. The number of rotatable bonds is 6. The number of hydrogen-bond donors (Lipinski definition) is 1. The van der Waals surface area contributed by atoms with Crippen LogP contribution in [0.2, 0.25) is 0 Å². The molecule has 0 unspecified atom stereocenters. The number of nitrogens with one attached hydrogen (secondary N) is 1. The Hall–Kier alpha value is -3.22. The third-order valence-electron chi connectivity index (χ3n) is 4.49. The number of amides is 1. The second-order valence-electron chi connectivity index (χ2n) is 6.87. The summed E-state index contributed by atoms with van der Waals surface area (Å²) in [6, 6.07) is 9.45. The van der Waals surface area contributed by atoms with Gasteiger partial charge in [0, 0.05) is 30.8 Å². The fraction of sp³-hybridized carbons (Fsp3) is 0.333. The predicted molar refractivity (Wildman–Crippen MR) is 107 cm³/mol. The number of anilines is 1. The molecule has 3 rings (SSSR count). The van der Waals surface area contributed by atoms with E-state index in [1.54, 1.807) is 10.6 Å². The standard InChI is InChI=1S/C21H24N4O3/c1-5-25-15(4)6-7-17(21(25)27)20-23-19(28-24-20)9-8-18(26)22-16-11-13(2)10-14(3)12-16/h6-7,10-12H,5,8-9H2,1-4H3,(H,22,26). The molecule has 0 atom stereocenters. The van der Waals surface area contributed by atoms with E-state index in [0.717, 1.165) is 22.5 Å². The minimum absolute atomic E-state index is 0.131. The van der Waals surface area contributed by atoms with Gasteiger partial charge in [0.25, 0.3) is 5.56 Å². The third-order valence-corrected chi connectivity index (χ3v) is 4.49. The van der Waals surface area contributed by atoms with Gasteiger partial charge in [-0.1, -0.05) is 11.2 Å². The smallest absolute Gasteiger partial charge is 0.261 e. The van der Waals surface area contributed by atoms with E-state index in [9.17, 15) is 9.59 Å². The molecule has 1 amide bonds. The van der Waals surface area contributed by atoms with E-state index in [2.05, 4.69) is 15.5 Å². The van der Waals surface area contributed by atoms with Crippen molar-refractivity contribution in [1.82, 2.24) is 14.7 Å². The molecular formula is C21H24N4O3. The summed E-state index contributed by atoms with van der Waals surface area (Å²) in [7, 11) is 0. The molecule has 2 heterocycles. The Kier molecular flexibility index (Phi) is 5.73. The minimum atomic E-state index is -0.151. The summed E-state index contributed by atoms with van der Waals surface area (Å²) in [4.78, 5) is 29.0. The lowest BCUT2D eigenvalue weighted by atomic mass is 10.1. The molecule has 1 aromatic carbocycles. The van der Waals surface area contributed by atoms with E-state index in [-0.39, 0.29) is 23.7 Å². The molecule has 7 nitrogen and oxygen atoms in total. The maximum Gasteiger partial charge on any atom is 0.261 e. The van der Waals surface area contributed by atoms with E-state index in [1.165, 1.54) is 0 Å². The van der Waals surface area contributed by atoms with Crippen LogP contribution < -0.4 is 10.9 Å². The Morgan fingerprint density at radius 3 is 2.54 bits per heavy atom. The molecule has 146 valence electrons. The Morgan fingerprint density at radius 2 is 1.86 bits per heavy atom. The summed E-state index contributed by atoms with van der Waals surface area (Å²) in [5.74, 6) is 0.443. The van der Waals surface area contributed by atoms with Crippen LogP contribution in [0.4, 0.5) is 5.69 Å². The van der Waals surface area contributed by atoms with Crippen molar-refractivity contribution in [3.8, 4) is 11.4 Å². The molecule has 0 radical (unpaired) electrons. The number of aromatic nitrogens is 3. The van der Waals surface area contributed by atoms with Crippen LogP contribution in [0.5, 0.6) is 0 Å². The van der Waals surface area contributed by atoms with Gasteiger partial charge in [-0.15, -0.1) is 0 Å². The maximum absolute atomic E-state index is 12.5. The largest absolute Gasteiger partial charge is 0.339 e. The summed E-state index contributed by atoms with van der Waals surface area (Å²) < 4.78 is 6.88. The average molecular weight is 380 g/mol. The molecule has 3 aromatic rings. The topological polar surface area (TPSA) is 90.0 Å². The summed E-state index contributed by atoms with van der Waals surface area (Å²) in [5.41, 5.74) is 4.07. The highest BCUT2D eigenvalue weighted by Crippen LogP contribution is 2.16. The zero-order valence-electron chi connectivity index (χ0n) is 16.6. The van der Waals surface area contributed by atoms with Crippen molar-refractivity contribution in [3.05, 3.63) is 63.4 Å². The predicted octanol–water partition coefficient (Wildman–Crippen LogP) is 3.41. The van der Waals surface area contributed by atoms with Gasteiger partial charge < -0.3 is 14.4 Å². The van der Waals surface area contributed by atoms with Gasteiger partial charge in [-0.2, -0.15) is 4.98 Å². The highest BCUT2D eigenvalue weighted by atomic mass is 16.5. The van der Waals surface area contributed by atoms with Gasteiger partial charge in [-0.05, 0) is 63.1 Å². The maximum atomic E-state index is 12.5. The van der Waals surface area contributed by atoms with E-state index in [0.29, 0.717) is 24.4 Å². The van der Waals surface area contributed by atoms with Crippen molar-refractivity contribution >= 4 is 11.6 Å². The summed E-state index contributed by atoms with van der Waals surface area (Å²) in [5, 5.41) is 6.79. The Balaban J connectivity index is 1.67. The fourth-order valence-electron chi connectivity index (χ4n) is 3.19. The van der Waals surface area contributed by atoms with Gasteiger partial charge in [0.05, 0.1) is 5.56 Å². The molecular weight excluding hydrogens is 356 g/mol. The molecule has 0 aliphatic carbocycles. The lowest BCUT2D eigenvalue weighted by Crippen LogP contribution is -2.23. The minimum Gasteiger partial charge on any atom is -0.339 e. The molecule has 2 aromatic heterocycles. The highest BCUT2D eigenvalue weighted by Gasteiger charge is 2.15. The average Bonchev–Trinajstić information content (AvgIpc) is 3.08. The van der Waals surface area contributed by atoms with Gasteiger partial charge in [-0.3, -0.25) is 9.59 Å². The first-order valence-corrected chi connectivity index (χ1v) is 9.29. The second kappa shape index (κ2) is 8.21. The number of benzene rings is 1. The Morgan fingerprint density at radius 1 is 1.14 bits per heavy atom. The summed E-state index contributed by atoms with van der Waals surface area (Å²) >= 11 is 0. The molecule has 0 saturated carbocycles. The monoisotopic (exact) mass is 380 g/mol. The van der Waals surface area contributed by atoms with Crippen LogP contribution in [0.15, 0.2) is 39.6 Å². The number of aryl methyl sites for hydroxylation is 4. The van der Waals surface area contributed by atoms with Crippen LogP contribution in [0.25, 0.3) is 11.4 Å². The fourth-order valence-corrected chi connectivity index (χ4v) is 3.19. The third kappa shape index (κ3) is 4.36. The van der Waals surface area contributed by atoms with E-state index < -0.39 is 0 Å². The van der Waals surface area contributed by atoms with Gasteiger partial charge in [-0.25, -0.2) is 0 Å². The van der Waals surface area contributed by atoms with Crippen LogP contribution in [0.3, 0.4) is 0 Å². The lowest BCUT2D eigenvalue weighted by molar-refractivity contribution is -0.116. The zero-order chi connectivity index (χ0) is 20.3. The zero-order valence-corrected chi connectivity index (χ0v) is 16.6. The highest BCUT2D eigenvalue weighted by molar-refractivity contribution is 5.90. The SMILES string of the molecule is CCn1c(C)ccc(-c2noc(CCC(=O)Nc3cc(C)cc(C)c3)n2)c1=O. The Labute approximate surface area is 163 Å². The first-order chi connectivity index (χ1) is 13.4. The van der Waals surface area contributed by atoms with Crippen LogP contribution in [0.1, 0.15) is 36.1 Å². The van der Waals surface area contributed by atoms with E-state index in [4.69, 9.17) is 4.52 Å². The second-order valence-corrected chi connectivity index (χ2v) is 6.87. The van der Waals surface area contributed by atoms with Crippen LogP contribution in [-0.4, -0.2) is 20.6 Å². The van der Waals surface area contributed by atoms with Crippen molar-refractivity contribution in [2.75, 3.05) is 5.32 Å². The summed E-state index contributed by atoms with van der Waals surface area (Å²) in [6.07, 6.45) is 0.513. The van der Waals surface area contributed by atoms with Crippen LogP contribution in [0, 0.1) is 20.8 Å². The lowest BCUT2D eigenvalue weighted by Gasteiger charge is -2.07. The quantitative estimate of drug-likeness (QED) is 0.708. The van der Waals surface area contributed by atoms with Crippen molar-refractivity contribution in [1.29, 1.82) is 0 Å². The van der Waals surface area contributed by atoms with Crippen molar-refractivity contribution < 1.29 is 9.32 Å². The molecule has 0 aliphatic rings. The number of hydrogen-bond acceptors (Lipinski definition) is 5. The van der Waals surface area contributed by atoms with Crippen molar-refractivity contribution in [2.45, 2.75) is 47.1 Å². The molecule has 7 heteroatoms. The van der Waals surface area contributed by atoms with Gasteiger partial charge in [0.15, 0.2) is 0 Å². The molecule has 0 saturated heterocycles. The van der Waals surface area contributed by atoms with Crippen LogP contribution in [-0.2, 0) is 17.8 Å². The van der Waals surface area contributed by atoms with E-state index in [1.807, 2.05) is 52.0 Å². The number of carbonyl (C=O) groups is 1. The molecule has 0 fully saturated rings.